The third-order valence-corrected chi connectivity index (χ3v) is 4.97. The van der Waals surface area contributed by atoms with Crippen LogP contribution in [0.25, 0.3) is 0 Å². The van der Waals surface area contributed by atoms with Crippen molar-refractivity contribution >= 4 is 31.6 Å². The van der Waals surface area contributed by atoms with Crippen molar-refractivity contribution in [3.05, 3.63) is 57.8 Å². The van der Waals surface area contributed by atoms with E-state index in [4.69, 9.17) is 0 Å². The van der Waals surface area contributed by atoms with E-state index in [0.717, 1.165) is 5.56 Å². The molecule has 0 aromatic heterocycles. The predicted molar refractivity (Wildman–Crippen MR) is 76.0 cm³/mol. The van der Waals surface area contributed by atoms with Gasteiger partial charge in [-0.2, -0.15) is 0 Å². The van der Waals surface area contributed by atoms with Gasteiger partial charge in [-0.25, -0.2) is 21.6 Å². The topological polar surface area (TPSA) is 46.2 Å². The molecule has 21 heavy (non-hydrogen) atoms. The Hall–Kier alpha value is -1.54. The van der Waals surface area contributed by atoms with Crippen molar-refractivity contribution in [3.63, 3.8) is 0 Å². The lowest BCUT2D eigenvalue weighted by Gasteiger charge is -2.11. The fraction of sp³-hybridized carbons (Fsp3) is 0.0769. The molecule has 2 aromatic rings. The van der Waals surface area contributed by atoms with Crippen LogP contribution in [0.5, 0.6) is 0 Å². The molecule has 0 heterocycles. The first-order valence-corrected chi connectivity index (χ1v) is 7.92. The smallest absolute Gasteiger partial charge is 0.263 e. The molecule has 2 aromatic carbocycles. The Labute approximate surface area is 128 Å². The third-order valence-electron chi connectivity index (χ3n) is 2.63. The zero-order valence-electron chi connectivity index (χ0n) is 10.6. The van der Waals surface area contributed by atoms with Gasteiger partial charge in [0.1, 0.15) is 10.7 Å². The molecule has 0 amide bonds. The summed E-state index contributed by atoms with van der Waals surface area (Å²) in [6.07, 6.45) is 0. The van der Waals surface area contributed by atoms with Crippen molar-refractivity contribution in [2.75, 3.05) is 4.72 Å². The van der Waals surface area contributed by atoms with Gasteiger partial charge in [-0.05, 0) is 40.5 Å². The molecule has 0 aliphatic heterocycles. The first-order chi connectivity index (χ1) is 9.70. The third kappa shape index (κ3) is 3.38. The van der Waals surface area contributed by atoms with Crippen molar-refractivity contribution in [2.45, 2.75) is 11.8 Å². The molecule has 3 nitrogen and oxygen atoms in total. The van der Waals surface area contributed by atoms with Crippen molar-refractivity contribution < 1.29 is 21.6 Å². The summed E-state index contributed by atoms with van der Waals surface area (Å²) in [6.45, 7) is 1.77. The van der Waals surface area contributed by atoms with Crippen LogP contribution >= 0.6 is 15.9 Å². The monoisotopic (exact) mass is 379 g/mol. The van der Waals surface area contributed by atoms with Gasteiger partial charge in [-0.1, -0.05) is 6.07 Å². The fourth-order valence-electron chi connectivity index (χ4n) is 1.62. The summed E-state index contributed by atoms with van der Waals surface area (Å²) >= 11 is 3.09. The second-order valence-corrected chi connectivity index (χ2v) is 6.79. The zero-order chi connectivity index (χ0) is 15.8. The van der Waals surface area contributed by atoms with Crippen LogP contribution < -0.4 is 4.72 Å². The minimum atomic E-state index is -4.14. The lowest BCUT2D eigenvalue weighted by molar-refractivity contribution is 0.496. The number of hydrogen-bond acceptors (Lipinski definition) is 2. The first kappa shape index (κ1) is 15.8. The van der Waals surface area contributed by atoms with E-state index < -0.39 is 33.2 Å². The SMILES string of the molecule is Cc1ccc(S(=O)(=O)Nc2cc(F)c(F)cc2F)c(Br)c1. The van der Waals surface area contributed by atoms with Crippen LogP contribution in [0.2, 0.25) is 0 Å². The number of aryl methyl sites for hydroxylation is 1. The van der Waals surface area contributed by atoms with Crippen LogP contribution in [0.3, 0.4) is 0 Å². The minimum absolute atomic E-state index is 0.141. The van der Waals surface area contributed by atoms with E-state index in [0.29, 0.717) is 6.07 Å². The van der Waals surface area contributed by atoms with Gasteiger partial charge in [-0.3, -0.25) is 4.72 Å². The molecular weight excluding hydrogens is 371 g/mol. The summed E-state index contributed by atoms with van der Waals surface area (Å²) in [4.78, 5) is -0.141. The maximum Gasteiger partial charge on any atom is 0.263 e. The number of benzene rings is 2. The summed E-state index contributed by atoms with van der Waals surface area (Å²) < 4.78 is 65.9. The van der Waals surface area contributed by atoms with Gasteiger partial charge in [-0.15, -0.1) is 0 Å². The van der Waals surface area contributed by atoms with Crippen molar-refractivity contribution in [2.24, 2.45) is 0 Å². The second-order valence-electron chi connectivity index (χ2n) is 4.29. The lowest BCUT2D eigenvalue weighted by Crippen LogP contribution is -2.15. The van der Waals surface area contributed by atoms with E-state index in [9.17, 15) is 21.6 Å². The number of halogens is 4. The molecule has 0 saturated carbocycles. The van der Waals surface area contributed by atoms with Gasteiger partial charge in [0.15, 0.2) is 11.6 Å². The second kappa shape index (κ2) is 5.69. The van der Waals surface area contributed by atoms with Gasteiger partial charge >= 0.3 is 0 Å². The molecule has 0 spiro atoms. The molecule has 1 N–H and O–H groups in total. The molecule has 8 heteroatoms. The molecule has 0 bridgehead atoms. The average molecular weight is 380 g/mol. The Morgan fingerprint density at radius 1 is 1.00 bits per heavy atom. The highest BCUT2D eigenvalue weighted by Crippen LogP contribution is 2.27. The van der Waals surface area contributed by atoms with Crippen molar-refractivity contribution in [1.29, 1.82) is 0 Å². The highest BCUT2D eigenvalue weighted by Gasteiger charge is 2.20. The Morgan fingerprint density at radius 2 is 1.62 bits per heavy atom. The highest BCUT2D eigenvalue weighted by molar-refractivity contribution is 9.10. The molecule has 0 aliphatic carbocycles. The van der Waals surface area contributed by atoms with E-state index in [1.165, 1.54) is 6.07 Å². The van der Waals surface area contributed by atoms with Crippen LogP contribution in [0.1, 0.15) is 5.56 Å². The van der Waals surface area contributed by atoms with Gasteiger partial charge in [0.2, 0.25) is 0 Å². The van der Waals surface area contributed by atoms with Crippen molar-refractivity contribution in [3.8, 4) is 0 Å². The van der Waals surface area contributed by atoms with E-state index in [1.54, 1.807) is 19.1 Å². The van der Waals surface area contributed by atoms with E-state index in [-0.39, 0.29) is 15.4 Å². The Bertz CT molecular complexity index is 809. The summed E-state index contributed by atoms with van der Waals surface area (Å²) in [5.74, 6) is -3.95. The minimum Gasteiger partial charge on any atom is -0.277 e. The largest absolute Gasteiger partial charge is 0.277 e. The van der Waals surface area contributed by atoms with Crippen LogP contribution in [0.4, 0.5) is 18.9 Å². The first-order valence-electron chi connectivity index (χ1n) is 5.64. The molecule has 0 unspecified atom stereocenters. The molecule has 0 aliphatic rings. The van der Waals surface area contributed by atoms with Crippen LogP contribution in [0, 0.1) is 24.4 Å². The standard InChI is InChI=1S/C13H9BrF3NO2S/c1-7-2-3-13(8(14)4-7)21(19,20)18-12-6-10(16)9(15)5-11(12)17/h2-6,18H,1H3. The quantitative estimate of drug-likeness (QED) is 0.819. The van der Waals surface area contributed by atoms with E-state index in [1.807, 2.05) is 4.72 Å². The van der Waals surface area contributed by atoms with Gasteiger partial charge in [0.25, 0.3) is 10.0 Å². The Balaban J connectivity index is 2.45. The summed E-state index contributed by atoms with van der Waals surface area (Å²) in [7, 11) is -4.14. The van der Waals surface area contributed by atoms with Crippen molar-refractivity contribution in [1.82, 2.24) is 0 Å². The molecular formula is C13H9BrF3NO2S. The van der Waals surface area contributed by atoms with Crippen LogP contribution in [0.15, 0.2) is 39.7 Å². The number of anilines is 1. The molecule has 112 valence electrons. The zero-order valence-corrected chi connectivity index (χ0v) is 13.0. The molecule has 2 rings (SSSR count). The van der Waals surface area contributed by atoms with Gasteiger partial charge in [0, 0.05) is 16.6 Å². The lowest BCUT2D eigenvalue weighted by atomic mass is 10.2. The number of hydrogen-bond donors (Lipinski definition) is 1. The fourth-order valence-corrected chi connectivity index (χ4v) is 3.88. The Kier molecular flexibility index (Phi) is 4.29. The van der Waals surface area contributed by atoms with Gasteiger partial charge in [0.05, 0.1) is 5.69 Å². The number of sulfonamides is 1. The van der Waals surface area contributed by atoms with E-state index >= 15 is 0 Å². The maximum atomic E-state index is 13.5. The number of rotatable bonds is 3. The van der Waals surface area contributed by atoms with Gasteiger partial charge < -0.3 is 0 Å². The van der Waals surface area contributed by atoms with Crippen LogP contribution in [-0.4, -0.2) is 8.42 Å². The Morgan fingerprint density at radius 3 is 2.24 bits per heavy atom. The predicted octanol–water partition coefficient (Wildman–Crippen LogP) is 3.98. The highest BCUT2D eigenvalue weighted by atomic mass is 79.9. The molecule has 0 fully saturated rings. The number of nitrogens with one attached hydrogen (secondary N) is 1. The molecule has 0 radical (unpaired) electrons. The molecule has 0 saturated heterocycles. The summed E-state index contributed by atoms with van der Waals surface area (Å²) in [6, 6.07) is 5.16. The van der Waals surface area contributed by atoms with E-state index in [2.05, 4.69) is 15.9 Å². The normalized spacial score (nSPS) is 11.5. The molecule has 0 atom stereocenters. The van der Waals surface area contributed by atoms with Crippen LogP contribution in [-0.2, 0) is 10.0 Å². The summed E-state index contributed by atoms with van der Waals surface area (Å²) in [5.41, 5.74) is 0.154. The average Bonchev–Trinajstić information content (AvgIpc) is 2.35. The summed E-state index contributed by atoms with van der Waals surface area (Å²) in [5, 5.41) is 0. The maximum absolute atomic E-state index is 13.5.